The van der Waals surface area contributed by atoms with Gasteiger partial charge >= 0.3 is 11.0 Å². The number of anilines is 2. The van der Waals surface area contributed by atoms with Crippen LogP contribution in [0.15, 0.2) is 76.6 Å². The third kappa shape index (κ3) is 5.36. The Balaban J connectivity index is 1.09. The summed E-state index contributed by atoms with van der Waals surface area (Å²) in [6.07, 6.45) is -4.18. The van der Waals surface area contributed by atoms with Crippen LogP contribution in [-0.4, -0.2) is 34.6 Å². The molecule has 4 aromatic rings. The molecule has 7 atom stereocenters. The number of nitrogens with one attached hydrogen (secondary N) is 2. The molecule has 15 heteroatoms. The number of carbonyl (C=O) groups excluding carboxylic acids is 3. The maximum atomic E-state index is 14.0. The molecule has 2 aliphatic carbocycles. The number of thiazole rings is 1. The van der Waals surface area contributed by atoms with E-state index in [9.17, 15) is 32.3 Å². The molecule has 2 N–H and O–H groups in total. The van der Waals surface area contributed by atoms with Crippen molar-refractivity contribution < 1.29 is 32.3 Å². The fourth-order valence-corrected chi connectivity index (χ4v) is 11.4. The van der Waals surface area contributed by atoms with E-state index >= 15 is 0 Å². The number of imide groups is 1. The molecule has 3 fully saturated rings. The SMILES string of the molecule is O=C(COc1cccc([C@@H]2c3sc(=O)[nH]c3S[C@@H]3[C@@H]4C[C@@H]([C@@H]5C(=O)N(c6ccccc6C(F)(F)F)C(=O)[C@@H]45)[C@H]23)c1)Nc1ccc(Cl)c(Cl)c1. The first-order valence-corrected chi connectivity index (χ1v) is 17.8. The second kappa shape index (κ2) is 11.9. The summed E-state index contributed by atoms with van der Waals surface area (Å²) in [6.45, 7) is -0.306. The molecule has 8 nitrogen and oxygen atoms in total. The van der Waals surface area contributed by atoms with Gasteiger partial charge in [0.1, 0.15) is 5.75 Å². The number of aromatic nitrogens is 1. The molecule has 2 saturated carbocycles. The monoisotopic (exact) mass is 745 g/mol. The minimum atomic E-state index is -4.75. The van der Waals surface area contributed by atoms with Gasteiger partial charge in [-0.1, -0.05) is 58.8 Å². The quantitative estimate of drug-likeness (QED) is 0.199. The third-order valence-electron chi connectivity index (χ3n) is 9.96. The lowest BCUT2D eigenvalue weighted by atomic mass is 9.68. The number of para-hydroxylation sites is 1. The van der Waals surface area contributed by atoms with E-state index in [2.05, 4.69) is 10.3 Å². The Morgan fingerprint density at radius 2 is 1.71 bits per heavy atom. The highest BCUT2D eigenvalue weighted by molar-refractivity contribution is 8.00. The molecule has 2 bridgehead atoms. The summed E-state index contributed by atoms with van der Waals surface area (Å²) in [7, 11) is 0. The molecule has 8 rings (SSSR count). The maximum Gasteiger partial charge on any atom is 0.418 e. The second-order valence-corrected chi connectivity index (χ2v) is 15.5. The van der Waals surface area contributed by atoms with Gasteiger partial charge in [-0.3, -0.25) is 19.2 Å². The van der Waals surface area contributed by atoms with Crippen molar-refractivity contribution in [1.29, 1.82) is 0 Å². The van der Waals surface area contributed by atoms with E-state index in [1.54, 1.807) is 30.3 Å². The molecule has 1 aromatic heterocycles. The summed E-state index contributed by atoms with van der Waals surface area (Å²) in [5.41, 5.74) is -0.222. The summed E-state index contributed by atoms with van der Waals surface area (Å²) in [4.78, 5) is 57.4. The standard InChI is InChI=1S/C34H24Cl2F3N3O5S2/c35-20-9-8-15(11-21(20)36)40-23(43)13-47-16-5-3-4-14(10-16)24-25-17-12-18(28(25)48-30-29(24)49-33(46)41-30)27-26(17)31(44)42(32(27)45)22-7-2-1-6-19(22)34(37,38)39/h1-11,17-18,24-28H,12-13H2,(H,40,43)(H,41,46)/t17-,18-,24+,25-,26+,27+,28-/m1/s1. The number of halogens is 5. The normalized spacial score (nSPS) is 26.8. The predicted molar refractivity (Wildman–Crippen MR) is 179 cm³/mol. The molecule has 0 spiro atoms. The van der Waals surface area contributed by atoms with Gasteiger partial charge in [-0.25, -0.2) is 4.90 Å². The Morgan fingerprint density at radius 3 is 2.47 bits per heavy atom. The first-order chi connectivity index (χ1) is 23.4. The molecule has 3 aromatic carbocycles. The Morgan fingerprint density at radius 1 is 0.959 bits per heavy atom. The smallest absolute Gasteiger partial charge is 0.418 e. The summed E-state index contributed by atoms with van der Waals surface area (Å²) in [5, 5.41) is 3.87. The van der Waals surface area contributed by atoms with Crippen molar-refractivity contribution in [2.75, 3.05) is 16.8 Å². The van der Waals surface area contributed by atoms with Crippen LogP contribution in [0.5, 0.6) is 5.75 Å². The number of H-pyrrole nitrogens is 1. The maximum absolute atomic E-state index is 14.0. The van der Waals surface area contributed by atoms with E-state index in [1.165, 1.54) is 36.0 Å². The van der Waals surface area contributed by atoms with Gasteiger partial charge in [0.15, 0.2) is 6.61 Å². The van der Waals surface area contributed by atoms with E-state index < -0.39 is 47.0 Å². The number of hydrogen-bond donors (Lipinski definition) is 2. The molecule has 1 saturated heterocycles. The van der Waals surface area contributed by atoms with Crippen LogP contribution in [0.1, 0.15) is 28.3 Å². The first kappa shape index (κ1) is 32.4. The number of benzene rings is 3. The first-order valence-electron chi connectivity index (χ1n) is 15.3. The molecule has 4 aliphatic rings. The average Bonchev–Trinajstić information content (AvgIpc) is 3.80. The Labute approximate surface area is 294 Å². The van der Waals surface area contributed by atoms with Gasteiger partial charge in [-0.2, -0.15) is 13.2 Å². The van der Waals surface area contributed by atoms with Crippen molar-refractivity contribution in [3.05, 3.63) is 102 Å². The molecule has 3 amide bonds. The number of fused-ring (bicyclic) bond motifs is 9. The van der Waals surface area contributed by atoms with Gasteiger partial charge < -0.3 is 15.0 Å². The van der Waals surface area contributed by atoms with Gasteiger partial charge in [0, 0.05) is 21.7 Å². The van der Waals surface area contributed by atoms with E-state index in [4.69, 9.17) is 27.9 Å². The van der Waals surface area contributed by atoms with Gasteiger partial charge in [0.25, 0.3) is 5.91 Å². The fourth-order valence-electron chi connectivity index (χ4n) is 8.25. The molecule has 0 radical (unpaired) electrons. The minimum absolute atomic E-state index is 0.162. The molecule has 252 valence electrons. The number of thioether (sulfide) groups is 1. The van der Waals surface area contributed by atoms with Gasteiger partial charge in [0.05, 0.1) is 38.2 Å². The summed E-state index contributed by atoms with van der Waals surface area (Å²) < 4.78 is 47.8. The van der Waals surface area contributed by atoms with Crippen LogP contribution in [0.2, 0.25) is 10.0 Å². The van der Waals surface area contributed by atoms with Crippen molar-refractivity contribution >= 4 is 75.4 Å². The molecular formula is C34H24Cl2F3N3O5S2. The van der Waals surface area contributed by atoms with Gasteiger partial charge in [-0.05, 0) is 72.2 Å². The zero-order valence-electron chi connectivity index (χ0n) is 25.0. The van der Waals surface area contributed by atoms with Crippen LogP contribution in [0.4, 0.5) is 24.5 Å². The van der Waals surface area contributed by atoms with Crippen LogP contribution >= 0.6 is 46.3 Å². The van der Waals surface area contributed by atoms with Crippen molar-refractivity contribution in [3.63, 3.8) is 0 Å². The van der Waals surface area contributed by atoms with Gasteiger partial charge in [-0.15, -0.1) is 11.8 Å². The third-order valence-corrected chi connectivity index (χ3v) is 13.3. The summed E-state index contributed by atoms with van der Waals surface area (Å²) in [6, 6.07) is 16.6. The average molecular weight is 747 g/mol. The number of ether oxygens (including phenoxy) is 1. The largest absolute Gasteiger partial charge is 0.484 e. The van der Waals surface area contributed by atoms with Crippen LogP contribution in [0.25, 0.3) is 0 Å². The van der Waals surface area contributed by atoms with Crippen LogP contribution in [0.3, 0.4) is 0 Å². The van der Waals surface area contributed by atoms with E-state index in [0.29, 0.717) is 27.9 Å². The fraction of sp³-hybridized carbons (Fsp3) is 0.294. The zero-order chi connectivity index (χ0) is 34.4. The summed E-state index contributed by atoms with van der Waals surface area (Å²) >= 11 is 14.6. The number of aromatic amines is 1. The minimum Gasteiger partial charge on any atom is -0.484 e. The summed E-state index contributed by atoms with van der Waals surface area (Å²) in [5.74, 6) is -3.86. The molecular weight excluding hydrogens is 722 g/mol. The number of amides is 3. The Kier molecular flexibility index (Phi) is 7.89. The number of rotatable bonds is 6. The molecule has 2 aliphatic heterocycles. The lowest BCUT2D eigenvalue weighted by molar-refractivity contribution is -0.137. The van der Waals surface area contributed by atoms with Crippen molar-refractivity contribution in [3.8, 4) is 5.75 Å². The van der Waals surface area contributed by atoms with E-state index in [1.807, 2.05) is 6.07 Å². The highest BCUT2D eigenvalue weighted by Crippen LogP contribution is 2.69. The highest BCUT2D eigenvalue weighted by atomic mass is 35.5. The number of nitrogens with zero attached hydrogens (tertiary/aromatic N) is 1. The molecule has 49 heavy (non-hydrogen) atoms. The molecule has 0 unspecified atom stereocenters. The van der Waals surface area contributed by atoms with Crippen LogP contribution in [-0.2, 0) is 20.6 Å². The lowest BCUT2D eigenvalue weighted by Crippen LogP contribution is -2.42. The van der Waals surface area contributed by atoms with Gasteiger partial charge in [0.2, 0.25) is 11.8 Å². The van der Waals surface area contributed by atoms with Crippen molar-refractivity contribution in [2.24, 2.45) is 29.6 Å². The topological polar surface area (TPSA) is 109 Å². The number of alkyl halides is 3. The van der Waals surface area contributed by atoms with Crippen molar-refractivity contribution in [2.45, 2.75) is 28.8 Å². The van der Waals surface area contributed by atoms with Crippen LogP contribution < -0.4 is 19.8 Å². The van der Waals surface area contributed by atoms with Crippen molar-refractivity contribution in [1.82, 2.24) is 4.98 Å². The highest BCUT2D eigenvalue weighted by Gasteiger charge is 2.70. The lowest BCUT2D eigenvalue weighted by Gasteiger charge is -2.43. The number of carbonyl (C=O) groups is 3. The zero-order valence-corrected chi connectivity index (χ0v) is 28.1. The van der Waals surface area contributed by atoms with Crippen LogP contribution in [0, 0.1) is 29.6 Å². The Hall–Kier alpha value is -3.78. The Bertz CT molecular complexity index is 2110. The molecule has 3 heterocycles. The van der Waals surface area contributed by atoms with E-state index in [-0.39, 0.29) is 45.4 Å². The number of hydrogen-bond acceptors (Lipinski definition) is 7. The second-order valence-electron chi connectivity index (χ2n) is 12.5. The predicted octanol–water partition coefficient (Wildman–Crippen LogP) is 7.46. The van der Waals surface area contributed by atoms with E-state index in [0.717, 1.165) is 32.7 Å².